The van der Waals surface area contributed by atoms with Crippen molar-refractivity contribution >= 4 is 16.0 Å². The molecular weight excluding hydrogens is 292 g/mol. The van der Waals surface area contributed by atoms with Crippen LogP contribution in [0.15, 0.2) is 24.3 Å². The Morgan fingerprint density at radius 3 is 2.48 bits per heavy atom. The van der Waals surface area contributed by atoms with Crippen molar-refractivity contribution in [3.8, 4) is 6.07 Å². The summed E-state index contributed by atoms with van der Waals surface area (Å²) in [5, 5.41) is 17.8. The summed E-state index contributed by atoms with van der Waals surface area (Å²) in [6.07, 6.45) is 0. The van der Waals surface area contributed by atoms with Crippen LogP contribution in [0, 0.1) is 23.2 Å². The Morgan fingerprint density at radius 2 is 2.00 bits per heavy atom. The first kappa shape index (κ1) is 15.5. The van der Waals surface area contributed by atoms with Crippen LogP contribution >= 0.6 is 0 Å². The normalized spacial score (nSPS) is 22.9. The molecule has 1 aliphatic rings. The predicted molar refractivity (Wildman–Crippen MR) is 75.6 cm³/mol. The van der Waals surface area contributed by atoms with Crippen LogP contribution in [0.4, 0.5) is 0 Å². The van der Waals surface area contributed by atoms with Gasteiger partial charge in [0.1, 0.15) is 0 Å². The highest BCUT2D eigenvalue weighted by Crippen LogP contribution is 2.27. The van der Waals surface area contributed by atoms with Crippen LogP contribution < -0.4 is 0 Å². The lowest BCUT2D eigenvalue weighted by Gasteiger charge is -2.16. The van der Waals surface area contributed by atoms with Gasteiger partial charge in [0.2, 0.25) is 10.0 Å². The van der Waals surface area contributed by atoms with E-state index in [0.717, 1.165) is 0 Å². The number of aliphatic carboxylic acids is 1. The van der Waals surface area contributed by atoms with E-state index < -0.39 is 21.9 Å². The standard InChI is InChI=1S/C14H16N2O4S/c1-10-7-16(8-13(10)14(17)18)21(19,20)9-12-4-2-11(6-15)3-5-12/h2-5,10,13H,7-9H2,1H3,(H,17,18)/t10-,13-/m1/s1. The molecule has 0 unspecified atom stereocenters. The molecule has 1 aliphatic heterocycles. The Kier molecular flexibility index (Phi) is 4.30. The predicted octanol–water partition coefficient (Wildman–Crippen LogP) is 1.04. The SMILES string of the molecule is C[C@@H]1CN(S(=O)(=O)Cc2ccc(C#N)cc2)C[C@H]1C(=O)O. The van der Waals surface area contributed by atoms with E-state index in [0.29, 0.717) is 11.1 Å². The molecule has 6 nitrogen and oxygen atoms in total. The number of benzene rings is 1. The number of rotatable bonds is 4. The minimum atomic E-state index is -3.54. The summed E-state index contributed by atoms with van der Waals surface area (Å²) in [4.78, 5) is 11.1. The quantitative estimate of drug-likeness (QED) is 0.896. The van der Waals surface area contributed by atoms with Crippen LogP contribution in [0.3, 0.4) is 0 Å². The molecule has 0 aliphatic carbocycles. The first-order valence-electron chi connectivity index (χ1n) is 6.53. The van der Waals surface area contributed by atoms with Gasteiger partial charge in [-0.05, 0) is 23.6 Å². The van der Waals surface area contributed by atoms with Crippen LogP contribution in [-0.4, -0.2) is 36.9 Å². The van der Waals surface area contributed by atoms with Crippen molar-refractivity contribution < 1.29 is 18.3 Å². The number of hydrogen-bond donors (Lipinski definition) is 1. The highest BCUT2D eigenvalue weighted by atomic mass is 32.2. The molecule has 1 heterocycles. The fourth-order valence-corrected chi connectivity index (χ4v) is 4.09. The summed E-state index contributed by atoms with van der Waals surface area (Å²) in [5.74, 6) is -1.99. The number of carbonyl (C=O) groups is 1. The third-order valence-corrected chi connectivity index (χ3v) is 5.50. The Morgan fingerprint density at radius 1 is 1.38 bits per heavy atom. The largest absolute Gasteiger partial charge is 0.481 e. The average molecular weight is 308 g/mol. The van der Waals surface area contributed by atoms with E-state index in [1.807, 2.05) is 6.07 Å². The molecule has 0 spiro atoms. The molecule has 1 saturated heterocycles. The Balaban J connectivity index is 2.12. The molecule has 0 aromatic heterocycles. The van der Waals surface area contributed by atoms with Gasteiger partial charge in [0.25, 0.3) is 0 Å². The molecule has 21 heavy (non-hydrogen) atoms. The van der Waals surface area contributed by atoms with Gasteiger partial charge in [-0.2, -0.15) is 5.26 Å². The van der Waals surface area contributed by atoms with E-state index in [-0.39, 0.29) is 24.8 Å². The smallest absolute Gasteiger partial charge is 0.308 e. The molecule has 7 heteroatoms. The van der Waals surface area contributed by atoms with E-state index >= 15 is 0 Å². The second-order valence-corrected chi connectivity index (χ2v) is 7.27. The molecule has 2 rings (SSSR count). The van der Waals surface area contributed by atoms with Crippen molar-refractivity contribution in [1.29, 1.82) is 5.26 Å². The van der Waals surface area contributed by atoms with Crippen molar-refractivity contribution in [2.24, 2.45) is 11.8 Å². The van der Waals surface area contributed by atoms with Gasteiger partial charge in [-0.1, -0.05) is 19.1 Å². The Labute approximate surface area is 123 Å². The third-order valence-electron chi connectivity index (χ3n) is 3.72. The lowest BCUT2D eigenvalue weighted by Crippen LogP contribution is -2.31. The van der Waals surface area contributed by atoms with Crippen LogP contribution in [-0.2, 0) is 20.6 Å². The fourth-order valence-electron chi connectivity index (χ4n) is 2.45. The summed E-state index contributed by atoms with van der Waals surface area (Å²) in [5.41, 5.74) is 1.05. The van der Waals surface area contributed by atoms with Crippen LogP contribution in [0.25, 0.3) is 0 Å². The van der Waals surface area contributed by atoms with Gasteiger partial charge in [0.05, 0.1) is 23.3 Å². The summed E-state index contributed by atoms with van der Waals surface area (Å²) in [6, 6.07) is 8.31. The van der Waals surface area contributed by atoms with Crippen molar-refractivity contribution in [3.63, 3.8) is 0 Å². The Hall–Kier alpha value is -1.91. The van der Waals surface area contributed by atoms with Crippen LogP contribution in [0.5, 0.6) is 0 Å². The lowest BCUT2D eigenvalue weighted by molar-refractivity contribution is -0.142. The topological polar surface area (TPSA) is 98.5 Å². The second-order valence-electron chi connectivity index (χ2n) is 5.30. The molecule has 1 aromatic rings. The molecule has 2 atom stereocenters. The van der Waals surface area contributed by atoms with E-state index in [4.69, 9.17) is 10.4 Å². The first-order chi connectivity index (χ1) is 9.83. The maximum Gasteiger partial charge on any atom is 0.308 e. The maximum atomic E-state index is 12.3. The molecular formula is C14H16N2O4S. The highest BCUT2D eigenvalue weighted by molar-refractivity contribution is 7.88. The monoisotopic (exact) mass is 308 g/mol. The summed E-state index contributed by atoms with van der Waals surface area (Å²) in [6.45, 7) is 2.00. The molecule has 0 amide bonds. The molecule has 0 bridgehead atoms. The van der Waals surface area contributed by atoms with Crippen LogP contribution in [0.2, 0.25) is 0 Å². The van der Waals surface area contributed by atoms with E-state index in [2.05, 4.69) is 0 Å². The van der Waals surface area contributed by atoms with Gasteiger partial charge in [-0.15, -0.1) is 0 Å². The number of hydrogen-bond acceptors (Lipinski definition) is 4. The highest BCUT2D eigenvalue weighted by Gasteiger charge is 2.39. The van der Waals surface area contributed by atoms with Crippen LogP contribution in [0.1, 0.15) is 18.1 Å². The van der Waals surface area contributed by atoms with Gasteiger partial charge in [-0.25, -0.2) is 12.7 Å². The maximum absolute atomic E-state index is 12.3. The van der Waals surface area contributed by atoms with Crippen molar-refractivity contribution in [1.82, 2.24) is 4.31 Å². The molecule has 0 saturated carbocycles. The molecule has 1 aromatic carbocycles. The van der Waals surface area contributed by atoms with Crippen molar-refractivity contribution in [3.05, 3.63) is 35.4 Å². The first-order valence-corrected chi connectivity index (χ1v) is 8.14. The lowest BCUT2D eigenvalue weighted by atomic mass is 9.99. The number of nitriles is 1. The minimum Gasteiger partial charge on any atom is -0.481 e. The van der Waals surface area contributed by atoms with Gasteiger partial charge in [0.15, 0.2) is 0 Å². The minimum absolute atomic E-state index is 0.0229. The second kappa shape index (κ2) is 5.84. The molecule has 1 fully saturated rings. The zero-order valence-corrected chi connectivity index (χ0v) is 12.4. The van der Waals surface area contributed by atoms with E-state index in [1.165, 1.54) is 4.31 Å². The van der Waals surface area contributed by atoms with E-state index in [1.54, 1.807) is 31.2 Å². The zero-order chi connectivity index (χ0) is 15.6. The zero-order valence-electron chi connectivity index (χ0n) is 11.6. The van der Waals surface area contributed by atoms with Crippen molar-refractivity contribution in [2.75, 3.05) is 13.1 Å². The summed E-state index contributed by atoms with van der Waals surface area (Å²) >= 11 is 0. The van der Waals surface area contributed by atoms with Crippen molar-refractivity contribution in [2.45, 2.75) is 12.7 Å². The van der Waals surface area contributed by atoms with Gasteiger partial charge in [-0.3, -0.25) is 4.79 Å². The number of carboxylic acids is 1. The molecule has 112 valence electrons. The molecule has 1 N–H and O–H groups in total. The number of sulfonamides is 1. The van der Waals surface area contributed by atoms with Gasteiger partial charge >= 0.3 is 5.97 Å². The summed E-state index contributed by atoms with van der Waals surface area (Å²) in [7, 11) is -3.54. The van der Waals surface area contributed by atoms with Gasteiger partial charge in [0, 0.05) is 13.1 Å². The fraction of sp³-hybridized carbons (Fsp3) is 0.429. The number of carboxylic acid groups (broad SMARTS) is 1. The number of nitrogens with zero attached hydrogens (tertiary/aromatic N) is 2. The van der Waals surface area contributed by atoms with Gasteiger partial charge < -0.3 is 5.11 Å². The molecule has 0 radical (unpaired) electrons. The third kappa shape index (κ3) is 3.40. The summed E-state index contributed by atoms with van der Waals surface area (Å²) < 4.78 is 25.9. The average Bonchev–Trinajstić information content (AvgIpc) is 2.82. The Bertz CT molecular complexity index is 676. The van der Waals surface area contributed by atoms with E-state index in [9.17, 15) is 13.2 Å².